The minimum Gasteiger partial charge on any atom is -0.507 e. The molecule has 8 nitrogen and oxygen atoms in total. The second-order valence-corrected chi connectivity index (χ2v) is 7.41. The van der Waals surface area contributed by atoms with E-state index in [-0.39, 0.29) is 28.0 Å². The first-order valence-electron chi connectivity index (χ1n) is 9.02. The number of ether oxygens (including phenoxy) is 1. The van der Waals surface area contributed by atoms with E-state index in [1.54, 1.807) is 44.2 Å². The maximum absolute atomic E-state index is 13.3. The highest BCUT2D eigenvalue weighted by molar-refractivity contribution is 9.11. The first kappa shape index (κ1) is 21.4. The molecule has 0 aliphatic carbocycles. The predicted octanol–water partition coefficient (Wildman–Crippen LogP) is 3.48. The van der Waals surface area contributed by atoms with Crippen LogP contribution in [0.15, 0.2) is 58.7 Å². The van der Waals surface area contributed by atoms with Crippen molar-refractivity contribution in [3.63, 3.8) is 0 Å². The van der Waals surface area contributed by atoms with E-state index in [4.69, 9.17) is 9.84 Å². The van der Waals surface area contributed by atoms with Crippen LogP contribution in [0, 0.1) is 0 Å². The van der Waals surface area contributed by atoms with Gasteiger partial charge in [-0.3, -0.25) is 9.69 Å². The van der Waals surface area contributed by atoms with Crippen molar-refractivity contribution in [3.05, 3.63) is 64.3 Å². The standard InChI is InChI=1S/C21H19BrN2O6/c1-3-30-20(29)21(2)17(22)16(18(26)24(21)13-7-5-4-6-8-13)23-12-9-10-14(19(27)28)15(25)11-12/h4-11,23,25H,3H2,1-2H3,(H,27,28). The van der Waals surface area contributed by atoms with Gasteiger partial charge in [-0.1, -0.05) is 18.2 Å². The Morgan fingerprint density at radius 3 is 2.43 bits per heavy atom. The summed E-state index contributed by atoms with van der Waals surface area (Å²) in [6, 6.07) is 12.5. The second-order valence-electron chi connectivity index (χ2n) is 6.62. The third-order valence-corrected chi connectivity index (χ3v) is 5.86. The Bertz CT molecular complexity index is 1050. The number of carboxylic acid groups (broad SMARTS) is 1. The number of nitrogens with one attached hydrogen (secondary N) is 1. The first-order valence-corrected chi connectivity index (χ1v) is 9.81. The molecule has 9 heteroatoms. The molecule has 1 atom stereocenters. The predicted molar refractivity (Wildman–Crippen MR) is 114 cm³/mol. The Kier molecular flexibility index (Phi) is 5.84. The van der Waals surface area contributed by atoms with Crippen LogP contribution in [0.25, 0.3) is 0 Å². The molecule has 0 saturated heterocycles. The highest BCUT2D eigenvalue weighted by Crippen LogP contribution is 2.43. The topological polar surface area (TPSA) is 116 Å². The summed E-state index contributed by atoms with van der Waals surface area (Å²) >= 11 is 3.39. The molecule has 0 radical (unpaired) electrons. The molecule has 0 bridgehead atoms. The number of aromatic carboxylic acids is 1. The highest BCUT2D eigenvalue weighted by atomic mass is 79.9. The van der Waals surface area contributed by atoms with Crippen LogP contribution in [-0.4, -0.2) is 40.2 Å². The molecule has 3 N–H and O–H groups in total. The summed E-state index contributed by atoms with van der Waals surface area (Å²) in [6.07, 6.45) is 0. The van der Waals surface area contributed by atoms with Crippen LogP contribution in [0.2, 0.25) is 0 Å². The lowest BCUT2D eigenvalue weighted by atomic mass is 10.0. The van der Waals surface area contributed by atoms with Crippen molar-refractivity contribution < 1.29 is 29.3 Å². The van der Waals surface area contributed by atoms with Gasteiger partial charge in [-0.15, -0.1) is 0 Å². The molecule has 30 heavy (non-hydrogen) atoms. The molecule has 0 saturated carbocycles. The number of halogens is 1. The summed E-state index contributed by atoms with van der Waals surface area (Å²) in [6.45, 7) is 3.38. The maximum Gasteiger partial charge on any atom is 0.339 e. The number of carbonyl (C=O) groups excluding carboxylic acids is 2. The molecule has 1 aliphatic rings. The summed E-state index contributed by atoms with van der Waals surface area (Å²) in [5.41, 5.74) is -0.889. The molecule has 3 rings (SSSR count). The van der Waals surface area contributed by atoms with Gasteiger partial charge in [0, 0.05) is 17.4 Å². The van der Waals surface area contributed by atoms with Crippen LogP contribution in [0.3, 0.4) is 0 Å². The van der Waals surface area contributed by atoms with Crippen LogP contribution in [0.5, 0.6) is 5.75 Å². The van der Waals surface area contributed by atoms with Crippen LogP contribution >= 0.6 is 15.9 Å². The Morgan fingerprint density at radius 1 is 1.20 bits per heavy atom. The number of hydrogen-bond donors (Lipinski definition) is 3. The van der Waals surface area contributed by atoms with Gasteiger partial charge in [0.1, 0.15) is 17.0 Å². The van der Waals surface area contributed by atoms with Crippen molar-refractivity contribution in [1.29, 1.82) is 0 Å². The Morgan fingerprint density at radius 2 is 1.87 bits per heavy atom. The lowest BCUT2D eigenvalue weighted by Gasteiger charge is -2.33. The minimum absolute atomic E-state index is 0.0666. The van der Waals surface area contributed by atoms with Gasteiger partial charge in [0.15, 0.2) is 5.54 Å². The van der Waals surface area contributed by atoms with Crippen LogP contribution in [0.4, 0.5) is 11.4 Å². The number of esters is 1. The van der Waals surface area contributed by atoms with Crippen molar-refractivity contribution in [1.82, 2.24) is 0 Å². The van der Waals surface area contributed by atoms with Gasteiger partial charge in [-0.2, -0.15) is 0 Å². The van der Waals surface area contributed by atoms with E-state index in [1.165, 1.54) is 23.1 Å². The van der Waals surface area contributed by atoms with Gasteiger partial charge in [-0.25, -0.2) is 9.59 Å². The van der Waals surface area contributed by atoms with E-state index in [0.29, 0.717) is 5.69 Å². The van der Waals surface area contributed by atoms with Gasteiger partial charge < -0.3 is 20.3 Å². The molecule has 0 aromatic heterocycles. The van der Waals surface area contributed by atoms with Gasteiger partial charge in [0.05, 0.1) is 11.1 Å². The lowest BCUT2D eigenvalue weighted by Crippen LogP contribution is -2.52. The third-order valence-electron chi connectivity index (χ3n) is 4.70. The average Bonchev–Trinajstić information content (AvgIpc) is 2.90. The van der Waals surface area contributed by atoms with E-state index in [9.17, 15) is 19.5 Å². The number of nitrogens with zero attached hydrogens (tertiary/aromatic N) is 1. The number of phenols is 1. The zero-order valence-corrected chi connectivity index (χ0v) is 17.8. The normalized spacial score (nSPS) is 18.5. The van der Waals surface area contributed by atoms with E-state index in [2.05, 4.69) is 21.2 Å². The molecular formula is C21H19BrN2O6. The monoisotopic (exact) mass is 474 g/mol. The van der Waals surface area contributed by atoms with Crippen molar-refractivity contribution in [2.75, 3.05) is 16.8 Å². The first-order chi connectivity index (χ1) is 14.2. The molecule has 2 aromatic rings. The minimum atomic E-state index is -1.46. The molecular weight excluding hydrogens is 456 g/mol. The fourth-order valence-corrected chi connectivity index (χ4v) is 3.81. The molecule has 1 heterocycles. The summed E-state index contributed by atoms with van der Waals surface area (Å²) in [5.74, 6) is -2.84. The quantitative estimate of drug-likeness (QED) is 0.548. The van der Waals surface area contributed by atoms with Gasteiger partial charge in [0.25, 0.3) is 5.91 Å². The Hall–Kier alpha value is -3.33. The van der Waals surface area contributed by atoms with Crippen LogP contribution in [0.1, 0.15) is 24.2 Å². The number of benzene rings is 2. The van der Waals surface area contributed by atoms with Crippen LogP contribution in [-0.2, 0) is 14.3 Å². The lowest BCUT2D eigenvalue weighted by molar-refractivity contribution is -0.147. The number of carboxylic acids is 1. The number of rotatable bonds is 6. The van der Waals surface area contributed by atoms with Crippen molar-refractivity contribution in [3.8, 4) is 5.75 Å². The van der Waals surface area contributed by atoms with E-state index in [1.807, 2.05) is 0 Å². The van der Waals surface area contributed by atoms with E-state index >= 15 is 0 Å². The number of anilines is 2. The number of amides is 1. The fraction of sp³-hybridized carbons (Fsp3) is 0.190. The zero-order valence-electron chi connectivity index (χ0n) is 16.2. The zero-order chi connectivity index (χ0) is 22.1. The molecule has 2 aromatic carbocycles. The number of carbonyl (C=O) groups is 3. The average molecular weight is 475 g/mol. The maximum atomic E-state index is 13.3. The van der Waals surface area contributed by atoms with Crippen molar-refractivity contribution in [2.24, 2.45) is 0 Å². The van der Waals surface area contributed by atoms with Crippen molar-refractivity contribution in [2.45, 2.75) is 19.4 Å². The largest absolute Gasteiger partial charge is 0.507 e. The summed E-state index contributed by atoms with van der Waals surface area (Å²) in [5, 5.41) is 21.9. The van der Waals surface area contributed by atoms with Gasteiger partial charge in [0.2, 0.25) is 0 Å². The molecule has 0 fully saturated rings. The van der Waals surface area contributed by atoms with Crippen molar-refractivity contribution >= 4 is 45.2 Å². The number of hydrogen-bond acceptors (Lipinski definition) is 6. The Labute approximate surface area is 180 Å². The summed E-state index contributed by atoms with van der Waals surface area (Å²) < 4.78 is 5.48. The summed E-state index contributed by atoms with van der Waals surface area (Å²) in [7, 11) is 0. The smallest absolute Gasteiger partial charge is 0.339 e. The SMILES string of the molecule is CCOC(=O)C1(C)C(Br)=C(Nc2ccc(C(=O)O)c(O)c2)C(=O)N1c1ccccc1. The van der Waals surface area contributed by atoms with Crippen LogP contribution < -0.4 is 10.2 Å². The number of aromatic hydroxyl groups is 1. The molecule has 1 unspecified atom stereocenters. The molecule has 156 valence electrons. The van der Waals surface area contributed by atoms with E-state index in [0.717, 1.165) is 0 Å². The Balaban J connectivity index is 2.06. The highest BCUT2D eigenvalue weighted by Gasteiger charge is 2.54. The second kappa shape index (κ2) is 8.19. The molecule has 1 aliphatic heterocycles. The van der Waals surface area contributed by atoms with E-state index < -0.39 is 29.1 Å². The van der Waals surface area contributed by atoms with Gasteiger partial charge in [-0.05, 0) is 54.0 Å². The third kappa shape index (κ3) is 3.52. The molecule has 0 spiro atoms. The number of para-hydroxylation sites is 1. The fourth-order valence-electron chi connectivity index (χ4n) is 3.20. The summed E-state index contributed by atoms with van der Waals surface area (Å²) in [4.78, 5) is 38.6. The molecule has 1 amide bonds. The van der Waals surface area contributed by atoms with Gasteiger partial charge >= 0.3 is 11.9 Å².